The molecule has 0 spiro atoms. The Labute approximate surface area is 116 Å². The molecule has 3 atom stereocenters. The fourth-order valence-corrected chi connectivity index (χ4v) is 3.35. The molecule has 92 valence electrons. The van der Waals surface area contributed by atoms with Crippen molar-refractivity contribution < 1.29 is 9.53 Å². The molecule has 0 radical (unpaired) electrons. The molecular weight excluding hydrogens is 327 g/mol. The van der Waals surface area contributed by atoms with Crippen molar-refractivity contribution in [1.29, 1.82) is 0 Å². The summed E-state index contributed by atoms with van der Waals surface area (Å²) in [5, 5.41) is 0. The highest BCUT2D eigenvalue weighted by Gasteiger charge is 2.32. The Kier molecular flexibility index (Phi) is 4.98. The van der Waals surface area contributed by atoms with Gasteiger partial charge in [0, 0.05) is 10.3 Å². The van der Waals surface area contributed by atoms with Gasteiger partial charge in [0.1, 0.15) is 6.29 Å². The summed E-state index contributed by atoms with van der Waals surface area (Å²) < 4.78 is 6.44. The average Bonchev–Trinajstić information content (AvgIpc) is 2.69. The Morgan fingerprint density at radius 1 is 1.35 bits per heavy atom. The Balaban J connectivity index is 1.82. The summed E-state index contributed by atoms with van der Waals surface area (Å²) in [5.41, 5.74) is 1.36. The SMILES string of the molecule is O=CC[C@H]1C[C@@H](I)[C@H](CCc2ccccc2)O1. The van der Waals surface area contributed by atoms with Gasteiger partial charge in [-0.05, 0) is 24.8 Å². The molecule has 0 saturated carbocycles. The van der Waals surface area contributed by atoms with E-state index in [-0.39, 0.29) is 6.10 Å². The van der Waals surface area contributed by atoms with Gasteiger partial charge in [-0.15, -0.1) is 0 Å². The number of carbonyl (C=O) groups excluding carboxylic acids is 1. The average molecular weight is 344 g/mol. The summed E-state index contributed by atoms with van der Waals surface area (Å²) in [7, 11) is 0. The molecule has 0 aromatic heterocycles. The van der Waals surface area contributed by atoms with E-state index < -0.39 is 0 Å². The zero-order valence-electron chi connectivity index (χ0n) is 9.72. The zero-order chi connectivity index (χ0) is 12.1. The van der Waals surface area contributed by atoms with Crippen molar-refractivity contribution in [2.75, 3.05) is 0 Å². The minimum absolute atomic E-state index is 0.148. The number of rotatable bonds is 5. The maximum absolute atomic E-state index is 10.5. The largest absolute Gasteiger partial charge is 0.373 e. The van der Waals surface area contributed by atoms with Gasteiger partial charge in [-0.2, -0.15) is 0 Å². The van der Waals surface area contributed by atoms with E-state index >= 15 is 0 Å². The Morgan fingerprint density at radius 2 is 2.12 bits per heavy atom. The van der Waals surface area contributed by atoms with Crippen LogP contribution in [0.1, 0.15) is 24.8 Å². The number of hydrogen-bond acceptors (Lipinski definition) is 2. The van der Waals surface area contributed by atoms with E-state index in [0.29, 0.717) is 16.4 Å². The molecule has 1 aliphatic heterocycles. The second-order valence-electron chi connectivity index (χ2n) is 4.47. The van der Waals surface area contributed by atoms with Gasteiger partial charge in [-0.1, -0.05) is 52.9 Å². The third-order valence-corrected chi connectivity index (χ3v) is 4.49. The molecule has 1 fully saturated rings. The van der Waals surface area contributed by atoms with Gasteiger partial charge in [0.2, 0.25) is 0 Å². The lowest BCUT2D eigenvalue weighted by Crippen LogP contribution is -2.17. The fraction of sp³-hybridized carbons (Fsp3) is 0.500. The number of benzene rings is 1. The maximum atomic E-state index is 10.5. The van der Waals surface area contributed by atoms with E-state index in [2.05, 4.69) is 46.9 Å². The molecule has 0 bridgehead atoms. The van der Waals surface area contributed by atoms with Crippen LogP contribution in [0.2, 0.25) is 0 Å². The number of halogens is 1. The summed E-state index contributed by atoms with van der Waals surface area (Å²) in [6.45, 7) is 0. The molecule has 1 saturated heterocycles. The number of ether oxygens (including phenoxy) is 1. The number of aryl methyl sites for hydroxylation is 1. The van der Waals surface area contributed by atoms with Crippen molar-refractivity contribution in [2.45, 2.75) is 41.8 Å². The van der Waals surface area contributed by atoms with E-state index in [1.165, 1.54) is 5.56 Å². The topological polar surface area (TPSA) is 26.3 Å². The molecule has 3 heteroatoms. The van der Waals surface area contributed by atoms with Crippen molar-refractivity contribution in [3.63, 3.8) is 0 Å². The van der Waals surface area contributed by atoms with Gasteiger partial charge < -0.3 is 9.53 Å². The number of alkyl halides is 1. The van der Waals surface area contributed by atoms with E-state index in [9.17, 15) is 4.79 Å². The molecular formula is C14H17IO2. The second kappa shape index (κ2) is 6.50. The molecule has 0 aliphatic carbocycles. The van der Waals surface area contributed by atoms with Gasteiger partial charge in [-0.3, -0.25) is 0 Å². The first-order valence-corrected chi connectivity index (χ1v) is 7.31. The molecule has 17 heavy (non-hydrogen) atoms. The normalized spacial score (nSPS) is 28.2. The van der Waals surface area contributed by atoms with Crippen LogP contribution >= 0.6 is 22.6 Å². The molecule has 2 rings (SSSR count). The van der Waals surface area contributed by atoms with Crippen molar-refractivity contribution in [3.05, 3.63) is 35.9 Å². The van der Waals surface area contributed by atoms with Gasteiger partial charge in [0.25, 0.3) is 0 Å². The van der Waals surface area contributed by atoms with E-state index in [4.69, 9.17) is 4.74 Å². The standard InChI is InChI=1S/C14H17IO2/c15-13-10-12(8-9-16)17-14(13)7-6-11-4-2-1-3-5-11/h1-5,9,12-14H,6-8,10H2/t12-,13+,14-/m0/s1. The fourth-order valence-electron chi connectivity index (χ4n) is 2.25. The third-order valence-electron chi connectivity index (χ3n) is 3.18. The van der Waals surface area contributed by atoms with Gasteiger partial charge in [-0.25, -0.2) is 0 Å². The molecule has 0 N–H and O–H groups in total. The quantitative estimate of drug-likeness (QED) is 0.466. The van der Waals surface area contributed by atoms with Crippen molar-refractivity contribution in [3.8, 4) is 0 Å². The first-order valence-electron chi connectivity index (χ1n) is 6.06. The maximum Gasteiger partial charge on any atom is 0.122 e. The van der Waals surface area contributed by atoms with Gasteiger partial charge in [0.15, 0.2) is 0 Å². The van der Waals surface area contributed by atoms with Crippen molar-refractivity contribution >= 4 is 28.9 Å². The smallest absolute Gasteiger partial charge is 0.122 e. The summed E-state index contributed by atoms with van der Waals surface area (Å²) in [6.07, 6.45) is 5.08. The minimum Gasteiger partial charge on any atom is -0.373 e. The summed E-state index contributed by atoms with van der Waals surface area (Å²) >= 11 is 2.45. The van der Waals surface area contributed by atoms with Crippen molar-refractivity contribution in [1.82, 2.24) is 0 Å². The highest BCUT2D eigenvalue weighted by Crippen LogP contribution is 2.31. The highest BCUT2D eigenvalue weighted by molar-refractivity contribution is 14.1. The lowest BCUT2D eigenvalue weighted by molar-refractivity contribution is -0.110. The molecule has 1 aromatic rings. The van der Waals surface area contributed by atoms with Crippen LogP contribution in [0.25, 0.3) is 0 Å². The lowest BCUT2D eigenvalue weighted by Gasteiger charge is -2.14. The van der Waals surface area contributed by atoms with E-state index in [1.54, 1.807) is 0 Å². The Morgan fingerprint density at radius 3 is 2.82 bits per heavy atom. The minimum atomic E-state index is 0.148. The van der Waals surface area contributed by atoms with Crippen LogP contribution in [0, 0.1) is 0 Å². The number of carbonyl (C=O) groups is 1. The molecule has 1 aliphatic rings. The van der Waals surface area contributed by atoms with Gasteiger partial charge in [0.05, 0.1) is 12.2 Å². The predicted octanol–water partition coefficient (Wildman–Crippen LogP) is 3.17. The second-order valence-corrected chi connectivity index (χ2v) is 6.07. The summed E-state index contributed by atoms with van der Waals surface area (Å²) in [4.78, 5) is 10.5. The first kappa shape index (κ1) is 13.0. The zero-order valence-corrected chi connectivity index (χ0v) is 11.9. The lowest BCUT2D eigenvalue weighted by atomic mass is 10.0. The van der Waals surface area contributed by atoms with Crippen LogP contribution in [0.5, 0.6) is 0 Å². The van der Waals surface area contributed by atoms with Gasteiger partial charge >= 0.3 is 0 Å². The molecule has 2 nitrogen and oxygen atoms in total. The number of hydrogen-bond donors (Lipinski definition) is 0. The van der Waals surface area contributed by atoms with Crippen LogP contribution in [0.3, 0.4) is 0 Å². The van der Waals surface area contributed by atoms with Crippen LogP contribution in [-0.4, -0.2) is 22.4 Å². The van der Waals surface area contributed by atoms with Crippen LogP contribution in [0.4, 0.5) is 0 Å². The highest BCUT2D eigenvalue weighted by atomic mass is 127. The summed E-state index contributed by atoms with van der Waals surface area (Å²) in [5.74, 6) is 0. The number of aldehydes is 1. The Bertz CT molecular complexity index is 352. The van der Waals surface area contributed by atoms with Crippen LogP contribution in [-0.2, 0) is 16.0 Å². The van der Waals surface area contributed by atoms with E-state index in [0.717, 1.165) is 25.5 Å². The van der Waals surface area contributed by atoms with Crippen LogP contribution < -0.4 is 0 Å². The predicted molar refractivity (Wildman–Crippen MR) is 76.5 cm³/mol. The third kappa shape index (κ3) is 3.78. The van der Waals surface area contributed by atoms with Crippen LogP contribution in [0.15, 0.2) is 30.3 Å². The first-order chi connectivity index (χ1) is 8.29. The molecule has 0 amide bonds. The van der Waals surface area contributed by atoms with Crippen molar-refractivity contribution in [2.24, 2.45) is 0 Å². The molecule has 0 unspecified atom stereocenters. The van der Waals surface area contributed by atoms with E-state index in [1.807, 2.05) is 6.07 Å². The monoisotopic (exact) mass is 344 g/mol. The Hall–Kier alpha value is -0.420. The molecule has 1 heterocycles. The summed E-state index contributed by atoms with van der Waals surface area (Å²) in [6, 6.07) is 10.5. The molecule has 1 aromatic carbocycles.